The molecule has 2 fully saturated rings. The van der Waals surface area contributed by atoms with Crippen molar-refractivity contribution in [1.29, 1.82) is 0 Å². The summed E-state index contributed by atoms with van der Waals surface area (Å²) in [5.74, 6) is 0.719. The molecule has 0 unspecified atom stereocenters. The topological polar surface area (TPSA) is 78.0 Å². The first-order chi connectivity index (χ1) is 13.6. The van der Waals surface area contributed by atoms with E-state index in [0.29, 0.717) is 24.7 Å². The summed E-state index contributed by atoms with van der Waals surface area (Å²) in [6.45, 7) is 4.78. The summed E-state index contributed by atoms with van der Waals surface area (Å²) in [5.41, 5.74) is 2.31. The van der Waals surface area contributed by atoms with Crippen LogP contribution >= 0.6 is 0 Å². The second-order valence-electron chi connectivity index (χ2n) is 7.46. The zero-order valence-corrected chi connectivity index (χ0v) is 15.7. The molecule has 2 aliphatic rings. The molecule has 28 heavy (non-hydrogen) atoms. The Kier molecular flexibility index (Phi) is 3.99. The third-order valence-electron chi connectivity index (χ3n) is 5.44. The lowest BCUT2D eigenvalue weighted by atomic mass is 10.2. The molecule has 5 rings (SSSR count). The van der Waals surface area contributed by atoms with Crippen molar-refractivity contribution in [2.24, 2.45) is 0 Å². The molecule has 0 atom stereocenters. The largest absolute Gasteiger partial charge is 0.352 e. The van der Waals surface area contributed by atoms with Gasteiger partial charge < -0.3 is 9.80 Å². The van der Waals surface area contributed by atoms with Crippen molar-refractivity contribution in [2.75, 3.05) is 36.0 Å². The molecule has 0 spiro atoms. The zero-order chi connectivity index (χ0) is 19.3. The van der Waals surface area contributed by atoms with Crippen molar-refractivity contribution in [3.63, 3.8) is 0 Å². The van der Waals surface area contributed by atoms with Crippen LogP contribution in [-0.4, -0.2) is 46.1 Å². The molecule has 1 aliphatic carbocycles. The molecule has 2 aromatic heterocycles. The smallest absolute Gasteiger partial charge is 0.288 e. The van der Waals surface area contributed by atoms with Crippen LogP contribution < -0.4 is 15.4 Å². The average Bonchev–Trinajstić information content (AvgIpc) is 3.55. The lowest BCUT2D eigenvalue weighted by Crippen LogP contribution is -2.48. The standard InChI is InChI=1S/C20H21FN6O/c1-12-18(23-15-5-3-2-4-14(15)22-12)26-8-10-27(11-9-26)20-24-17(13-6-7-13)16(21)19(28)25-20/h2-5,13H,6-11H2,1H3,(H,24,25,28). The lowest BCUT2D eigenvalue weighted by molar-refractivity contribution is 0.570. The average molecular weight is 380 g/mol. The van der Waals surface area contributed by atoms with Crippen LogP contribution in [-0.2, 0) is 0 Å². The maximum Gasteiger partial charge on any atom is 0.288 e. The number of nitrogens with zero attached hydrogens (tertiary/aromatic N) is 5. The first-order valence-electron chi connectivity index (χ1n) is 9.63. The van der Waals surface area contributed by atoms with Gasteiger partial charge in [0.2, 0.25) is 11.8 Å². The van der Waals surface area contributed by atoms with Crippen LogP contribution in [0.4, 0.5) is 16.2 Å². The van der Waals surface area contributed by atoms with E-state index in [1.54, 1.807) is 0 Å². The number of aryl methyl sites for hydroxylation is 1. The Hall–Kier alpha value is -3.03. The molecule has 1 saturated carbocycles. The number of halogens is 1. The van der Waals surface area contributed by atoms with E-state index in [1.165, 1.54) is 0 Å². The summed E-state index contributed by atoms with van der Waals surface area (Å²) in [6.07, 6.45) is 1.81. The number of rotatable bonds is 3. The number of hydrogen-bond acceptors (Lipinski definition) is 6. The second-order valence-corrected chi connectivity index (χ2v) is 7.46. The Labute approximate surface area is 161 Å². The van der Waals surface area contributed by atoms with Crippen LogP contribution in [0, 0.1) is 12.7 Å². The van der Waals surface area contributed by atoms with Gasteiger partial charge in [-0.2, -0.15) is 4.39 Å². The van der Waals surface area contributed by atoms with Gasteiger partial charge in [-0.25, -0.2) is 15.0 Å². The fourth-order valence-electron chi connectivity index (χ4n) is 3.75. The molecular formula is C20H21FN6O. The fourth-order valence-corrected chi connectivity index (χ4v) is 3.75. The summed E-state index contributed by atoms with van der Waals surface area (Å²) in [6, 6.07) is 7.85. The van der Waals surface area contributed by atoms with Crippen molar-refractivity contribution >= 4 is 22.8 Å². The summed E-state index contributed by atoms with van der Waals surface area (Å²) in [5, 5.41) is 0. The van der Waals surface area contributed by atoms with Crippen LogP contribution in [0.3, 0.4) is 0 Å². The van der Waals surface area contributed by atoms with Gasteiger partial charge >= 0.3 is 0 Å². The van der Waals surface area contributed by atoms with Crippen LogP contribution in [0.15, 0.2) is 29.1 Å². The zero-order valence-electron chi connectivity index (χ0n) is 15.7. The van der Waals surface area contributed by atoms with Crippen molar-refractivity contribution in [3.05, 3.63) is 51.8 Å². The third-order valence-corrected chi connectivity index (χ3v) is 5.44. The minimum atomic E-state index is -0.730. The first kappa shape index (κ1) is 17.1. The highest BCUT2D eigenvalue weighted by Crippen LogP contribution is 2.39. The van der Waals surface area contributed by atoms with E-state index in [1.807, 2.05) is 36.1 Å². The molecule has 8 heteroatoms. The highest BCUT2D eigenvalue weighted by atomic mass is 19.1. The quantitative estimate of drug-likeness (QED) is 0.752. The molecule has 7 nitrogen and oxygen atoms in total. The minimum Gasteiger partial charge on any atom is -0.352 e. The Bertz CT molecular complexity index is 1100. The van der Waals surface area contributed by atoms with Crippen LogP contribution in [0.2, 0.25) is 0 Å². The molecule has 1 saturated heterocycles. The molecular weight excluding hydrogens is 359 g/mol. The number of piperazine rings is 1. The van der Waals surface area contributed by atoms with Gasteiger partial charge in [0, 0.05) is 32.1 Å². The Morgan fingerprint density at radius 3 is 2.32 bits per heavy atom. The van der Waals surface area contributed by atoms with E-state index in [-0.39, 0.29) is 5.92 Å². The van der Waals surface area contributed by atoms with Crippen LogP contribution in [0.5, 0.6) is 0 Å². The van der Waals surface area contributed by atoms with E-state index in [0.717, 1.165) is 48.5 Å². The highest BCUT2D eigenvalue weighted by molar-refractivity contribution is 5.76. The molecule has 144 valence electrons. The second kappa shape index (κ2) is 6.54. The van der Waals surface area contributed by atoms with E-state index in [2.05, 4.69) is 19.9 Å². The SMILES string of the molecule is Cc1nc2ccccc2nc1N1CCN(c2nc(C3CC3)c(F)c(=O)[nH]2)CC1. The van der Waals surface area contributed by atoms with Gasteiger partial charge in [-0.1, -0.05) is 12.1 Å². The Balaban J connectivity index is 1.37. The van der Waals surface area contributed by atoms with Crippen molar-refractivity contribution in [1.82, 2.24) is 19.9 Å². The monoisotopic (exact) mass is 380 g/mol. The molecule has 1 aromatic carbocycles. The summed E-state index contributed by atoms with van der Waals surface area (Å²) in [4.78, 5) is 32.7. The van der Waals surface area contributed by atoms with E-state index >= 15 is 0 Å². The molecule has 3 aromatic rings. The molecule has 1 aliphatic heterocycles. The van der Waals surface area contributed by atoms with Gasteiger partial charge in [-0.05, 0) is 31.9 Å². The normalized spacial score (nSPS) is 17.4. The van der Waals surface area contributed by atoms with Crippen LogP contribution in [0.25, 0.3) is 11.0 Å². The Morgan fingerprint density at radius 1 is 1.00 bits per heavy atom. The number of para-hydroxylation sites is 2. The number of benzene rings is 1. The molecule has 0 bridgehead atoms. The van der Waals surface area contributed by atoms with Gasteiger partial charge in [-0.3, -0.25) is 9.78 Å². The van der Waals surface area contributed by atoms with E-state index in [4.69, 9.17) is 4.98 Å². The minimum absolute atomic E-state index is 0.0952. The number of aromatic nitrogens is 4. The summed E-state index contributed by atoms with van der Waals surface area (Å²) >= 11 is 0. The lowest BCUT2D eigenvalue weighted by Gasteiger charge is -2.36. The summed E-state index contributed by atoms with van der Waals surface area (Å²) < 4.78 is 14.0. The molecule has 0 radical (unpaired) electrons. The van der Waals surface area contributed by atoms with Gasteiger partial charge in [0.05, 0.1) is 22.4 Å². The number of anilines is 2. The van der Waals surface area contributed by atoms with Gasteiger partial charge in [-0.15, -0.1) is 0 Å². The number of fused-ring (bicyclic) bond motifs is 1. The third kappa shape index (κ3) is 2.98. The van der Waals surface area contributed by atoms with E-state index < -0.39 is 11.4 Å². The predicted octanol–water partition coefficient (Wildman–Crippen LogP) is 2.36. The predicted molar refractivity (Wildman–Crippen MR) is 105 cm³/mol. The maximum absolute atomic E-state index is 14.0. The highest BCUT2D eigenvalue weighted by Gasteiger charge is 2.31. The number of aromatic amines is 1. The number of H-pyrrole nitrogens is 1. The van der Waals surface area contributed by atoms with Gasteiger partial charge in [0.1, 0.15) is 0 Å². The molecule has 3 heterocycles. The number of nitrogens with one attached hydrogen (secondary N) is 1. The van der Waals surface area contributed by atoms with Crippen molar-refractivity contribution < 1.29 is 4.39 Å². The van der Waals surface area contributed by atoms with E-state index in [9.17, 15) is 9.18 Å². The van der Waals surface area contributed by atoms with Gasteiger partial charge in [0.25, 0.3) is 5.56 Å². The Morgan fingerprint density at radius 2 is 1.64 bits per heavy atom. The fraction of sp³-hybridized carbons (Fsp3) is 0.400. The maximum atomic E-state index is 14.0. The van der Waals surface area contributed by atoms with Crippen molar-refractivity contribution in [2.45, 2.75) is 25.7 Å². The van der Waals surface area contributed by atoms with Crippen LogP contribution in [0.1, 0.15) is 30.1 Å². The molecule has 0 amide bonds. The first-order valence-corrected chi connectivity index (χ1v) is 9.63. The van der Waals surface area contributed by atoms with Crippen molar-refractivity contribution in [3.8, 4) is 0 Å². The summed E-state index contributed by atoms with van der Waals surface area (Å²) in [7, 11) is 0. The number of hydrogen-bond donors (Lipinski definition) is 1. The van der Waals surface area contributed by atoms with Gasteiger partial charge in [0.15, 0.2) is 5.82 Å². The molecule has 1 N–H and O–H groups in total.